The van der Waals surface area contributed by atoms with E-state index >= 15 is 0 Å². The summed E-state index contributed by atoms with van der Waals surface area (Å²) in [4.78, 5) is 0. The van der Waals surface area contributed by atoms with Gasteiger partial charge in [-0.05, 0) is 24.3 Å². The summed E-state index contributed by atoms with van der Waals surface area (Å²) in [5.74, 6) is 0.822. The fraction of sp³-hybridized carbons (Fsp3) is 0.200. The molecular weight excluding hydrogens is 281 g/mol. The lowest BCUT2D eigenvalue weighted by Crippen LogP contribution is -2.24. The van der Waals surface area contributed by atoms with Crippen LogP contribution in [0.1, 0.15) is 29.7 Å². The van der Waals surface area contributed by atoms with Gasteiger partial charge in [0.25, 0.3) is 0 Å². The first-order valence-electron chi connectivity index (χ1n) is 6.11. The van der Waals surface area contributed by atoms with Crippen molar-refractivity contribution in [2.45, 2.75) is 18.6 Å². The van der Waals surface area contributed by atoms with Crippen molar-refractivity contribution in [3.05, 3.63) is 63.6 Å². The number of nitrogens with two attached hydrogens (primary N) is 1. The molecule has 98 valence electrons. The monoisotopic (exact) mass is 293 g/mol. The third-order valence-corrected chi connectivity index (χ3v) is 3.94. The summed E-state index contributed by atoms with van der Waals surface area (Å²) < 4.78 is 6.00. The van der Waals surface area contributed by atoms with Gasteiger partial charge in [-0.3, -0.25) is 0 Å². The van der Waals surface area contributed by atoms with E-state index in [1.807, 2.05) is 30.3 Å². The molecule has 4 heteroatoms. The lowest BCUT2D eigenvalue weighted by molar-refractivity contribution is 0.161. The van der Waals surface area contributed by atoms with Crippen LogP contribution in [0.5, 0.6) is 5.75 Å². The zero-order valence-corrected chi connectivity index (χ0v) is 11.7. The predicted molar refractivity (Wildman–Crippen MR) is 77.8 cm³/mol. The van der Waals surface area contributed by atoms with Crippen LogP contribution in [-0.2, 0) is 0 Å². The molecule has 0 saturated carbocycles. The largest absolute Gasteiger partial charge is 0.485 e. The minimum absolute atomic E-state index is 0.0509. The fourth-order valence-electron chi connectivity index (χ4n) is 2.40. The van der Waals surface area contributed by atoms with Gasteiger partial charge in [0.1, 0.15) is 11.9 Å². The molecule has 0 aliphatic carbocycles. The van der Waals surface area contributed by atoms with Crippen molar-refractivity contribution in [3.8, 4) is 5.75 Å². The van der Waals surface area contributed by atoms with Crippen molar-refractivity contribution >= 4 is 23.2 Å². The maximum absolute atomic E-state index is 6.22. The molecule has 2 N–H and O–H groups in total. The topological polar surface area (TPSA) is 35.2 Å². The van der Waals surface area contributed by atoms with Gasteiger partial charge in [-0.2, -0.15) is 0 Å². The normalized spacial score (nSPS) is 21.6. The molecule has 1 heterocycles. The quantitative estimate of drug-likeness (QED) is 0.839. The van der Waals surface area contributed by atoms with Crippen LogP contribution in [0.2, 0.25) is 10.0 Å². The van der Waals surface area contributed by atoms with Crippen LogP contribution in [0.15, 0.2) is 42.5 Å². The first kappa shape index (κ1) is 12.8. The Morgan fingerprint density at radius 3 is 2.68 bits per heavy atom. The van der Waals surface area contributed by atoms with Crippen molar-refractivity contribution in [2.24, 2.45) is 5.73 Å². The van der Waals surface area contributed by atoms with Crippen LogP contribution in [0.25, 0.3) is 0 Å². The van der Waals surface area contributed by atoms with E-state index in [0.29, 0.717) is 16.5 Å². The second kappa shape index (κ2) is 5.04. The predicted octanol–water partition coefficient (Wildman–Crippen LogP) is 4.52. The summed E-state index contributed by atoms with van der Waals surface area (Å²) in [5.41, 5.74) is 8.13. The number of benzene rings is 2. The highest BCUT2D eigenvalue weighted by Gasteiger charge is 2.28. The van der Waals surface area contributed by atoms with Crippen molar-refractivity contribution in [1.82, 2.24) is 0 Å². The Kier molecular flexibility index (Phi) is 3.40. The lowest BCUT2D eigenvalue weighted by Gasteiger charge is -2.31. The van der Waals surface area contributed by atoms with Gasteiger partial charge in [0, 0.05) is 33.6 Å². The Labute approximate surface area is 122 Å². The first-order valence-corrected chi connectivity index (χ1v) is 6.87. The van der Waals surface area contributed by atoms with E-state index in [4.69, 9.17) is 33.7 Å². The van der Waals surface area contributed by atoms with Gasteiger partial charge >= 0.3 is 0 Å². The number of rotatable bonds is 1. The van der Waals surface area contributed by atoms with Crippen LogP contribution >= 0.6 is 23.2 Å². The molecule has 0 amide bonds. The van der Waals surface area contributed by atoms with Gasteiger partial charge in [-0.15, -0.1) is 0 Å². The lowest BCUT2D eigenvalue weighted by atomic mass is 9.93. The molecule has 2 aromatic rings. The average molecular weight is 294 g/mol. The van der Waals surface area contributed by atoms with E-state index in [9.17, 15) is 0 Å². The highest BCUT2D eigenvalue weighted by molar-refractivity contribution is 6.33. The fourth-order valence-corrected chi connectivity index (χ4v) is 2.82. The molecule has 0 aromatic heterocycles. The average Bonchev–Trinajstić information content (AvgIpc) is 2.41. The van der Waals surface area contributed by atoms with Crippen LogP contribution in [0.4, 0.5) is 0 Å². The number of para-hydroxylation sites is 1. The van der Waals surface area contributed by atoms with E-state index in [1.54, 1.807) is 12.1 Å². The minimum atomic E-state index is -0.156. The van der Waals surface area contributed by atoms with E-state index in [-0.39, 0.29) is 12.1 Å². The van der Waals surface area contributed by atoms with Gasteiger partial charge in [0.2, 0.25) is 0 Å². The van der Waals surface area contributed by atoms with Gasteiger partial charge in [0.15, 0.2) is 0 Å². The number of ether oxygens (including phenoxy) is 1. The summed E-state index contributed by atoms with van der Waals surface area (Å²) in [7, 11) is 0. The summed E-state index contributed by atoms with van der Waals surface area (Å²) in [6.45, 7) is 0. The Bertz CT molecular complexity index is 615. The van der Waals surface area contributed by atoms with Crippen molar-refractivity contribution in [3.63, 3.8) is 0 Å². The molecule has 0 bridgehead atoms. The molecule has 2 aromatic carbocycles. The smallest absolute Gasteiger partial charge is 0.127 e. The van der Waals surface area contributed by atoms with Gasteiger partial charge in [0.05, 0.1) is 0 Å². The van der Waals surface area contributed by atoms with Crippen LogP contribution in [0.3, 0.4) is 0 Å². The highest BCUT2D eigenvalue weighted by Crippen LogP contribution is 2.41. The van der Waals surface area contributed by atoms with E-state index < -0.39 is 0 Å². The maximum atomic E-state index is 6.22. The molecule has 1 aliphatic heterocycles. The first-order chi connectivity index (χ1) is 9.15. The Balaban J connectivity index is 1.99. The highest BCUT2D eigenvalue weighted by atomic mass is 35.5. The summed E-state index contributed by atoms with van der Waals surface area (Å²) in [6, 6.07) is 13.2. The van der Waals surface area contributed by atoms with Gasteiger partial charge in [-0.25, -0.2) is 0 Å². The molecule has 0 spiro atoms. The van der Waals surface area contributed by atoms with Crippen molar-refractivity contribution < 1.29 is 4.74 Å². The molecule has 3 rings (SSSR count). The second-order valence-electron chi connectivity index (χ2n) is 4.65. The molecular formula is C15H13Cl2NO. The maximum Gasteiger partial charge on any atom is 0.127 e. The van der Waals surface area contributed by atoms with Crippen LogP contribution < -0.4 is 10.5 Å². The molecule has 2 atom stereocenters. The zero-order valence-electron chi connectivity index (χ0n) is 10.1. The molecule has 1 aliphatic rings. The Morgan fingerprint density at radius 2 is 1.84 bits per heavy atom. The van der Waals surface area contributed by atoms with Crippen molar-refractivity contribution in [1.29, 1.82) is 0 Å². The van der Waals surface area contributed by atoms with E-state index in [1.165, 1.54) is 0 Å². The minimum Gasteiger partial charge on any atom is -0.485 e. The molecule has 0 fully saturated rings. The second-order valence-corrected chi connectivity index (χ2v) is 5.50. The summed E-state index contributed by atoms with van der Waals surface area (Å²) in [5, 5.41) is 1.30. The third kappa shape index (κ3) is 2.44. The van der Waals surface area contributed by atoms with E-state index in [0.717, 1.165) is 16.9 Å². The SMILES string of the molecule is N[C@@H]1CC(c2cc(Cl)ccc2Cl)Oc2ccccc21. The summed E-state index contributed by atoms with van der Waals surface area (Å²) >= 11 is 12.3. The third-order valence-electron chi connectivity index (χ3n) is 3.36. The number of hydrogen-bond donors (Lipinski definition) is 1. The number of halogens is 2. The van der Waals surface area contributed by atoms with Crippen LogP contribution in [-0.4, -0.2) is 0 Å². The molecule has 19 heavy (non-hydrogen) atoms. The molecule has 0 saturated heterocycles. The van der Waals surface area contributed by atoms with Gasteiger partial charge < -0.3 is 10.5 Å². The van der Waals surface area contributed by atoms with Gasteiger partial charge in [-0.1, -0.05) is 41.4 Å². The summed E-state index contributed by atoms with van der Waals surface area (Å²) in [6.07, 6.45) is 0.535. The number of hydrogen-bond acceptors (Lipinski definition) is 2. The molecule has 0 radical (unpaired) electrons. The van der Waals surface area contributed by atoms with Crippen molar-refractivity contribution in [2.75, 3.05) is 0 Å². The van der Waals surface area contributed by atoms with Crippen LogP contribution in [0, 0.1) is 0 Å². The zero-order chi connectivity index (χ0) is 13.4. The molecule has 1 unspecified atom stereocenters. The van der Waals surface area contributed by atoms with E-state index in [2.05, 4.69) is 0 Å². The Hall–Kier alpha value is -1.22. The Morgan fingerprint density at radius 1 is 1.05 bits per heavy atom. The molecule has 2 nitrogen and oxygen atoms in total. The standard InChI is InChI=1S/C15H13Cl2NO/c16-9-5-6-12(17)11(7-9)15-8-13(18)10-3-1-2-4-14(10)19-15/h1-7,13,15H,8,18H2/t13-,15?/m1/s1. The number of fused-ring (bicyclic) bond motifs is 1.